The number of nitriles is 2. The van der Waals surface area contributed by atoms with Crippen molar-refractivity contribution in [2.75, 3.05) is 0 Å². The molecule has 0 unspecified atom stereocenters. The van der Waals surface area contributed by atoms with Crippen LogP contribution in [0.3, 0.4) is 0 Å². The van der Waals surface area contributed by atoms with Crippen LogP contribution in [0.25, 0.3) is 5.57 Å². The molecular weight excluding hydrogens is 244 g/mol. The fraction of sp³-hybridized carbons (Fsp3) is 0.111. The van der Waals surface area contributed by atoms with E-state index in [2.05, 4.69) is 6.07 Å². The average Bonchev–Trinajstić information content (AvgIpc) is 2.47. The number of allylic oxidation sites excluding steroid dienone is 1. The molecule has 0 spiro atoms. The number of rotatable bonds is 2. The van der Waals surface area contributed by atoms with E-state index in [9.17, 15) is 10.5 Å². The molecule has 0 saturated heterocycles. The first-order valence-electron chi connectivity index (χ1n) is 6.35. The van der Waals surface area contributed by atoms with E-state index >= 15 is 0 Å². The Balaban J connectivity index is 2.76. The lowest BCUT2D eigenvalue weighted by molar-refractivity contribution is 1.34. The molecule has 0 aliphatic carbocycles. The van der Waals surface area contributed by atoms with Gasteiger partial charge in [0.1, 0.15) is 17.7 Å². The lowest BCUT2D eigenvalue weighted by Gasteiger charge is -2.12. The van der Waals surface area contributed by atoms with Gasteiger partial charge >= 0.3 is 0 Å². The quantitative estimate of drug-likeness (QED) is 0.759. The number of aryl methyl sites for hydroxylation is 2. The SMILES string of the molecule is Cc1ccc(C(=C(C#N)C#N)c2ccccc2)c(C)c1. The van der Waals surface area contributed by atoms with E-state index in [1.807, 2.05) is 68.5 Å². The highest BCUT2D eigenvalue weighted by Gasteiger charge is 2.13. The minimum atomic E-state index is 0.142. The lowest BCUT2D eigenvalue weighted by Crippen LogP contribution is -1.95. The molecule has 0 bridgehead atoms. The Labute approximate surface area is 119 Å². The topological polar surface area (TPSA) is 47.6 Å². The van der Waals surface area contributed by atoms with Gasteiger partial charge in [-0.15, -0.1) is 0 Å². The van der Waals surface area contributed by atoms with Gasteiger partial charge in [-0.25, -0.2) is 0 Å². The molecule has 0 aliphatic heterocycles. The molecule has 20 heavy (non-hydrogen) atoms. The van der Waals surface area contributed by atoms with Crippen LogP contribution < -0.4 is 0 Å². The third-order valence-corrected chi connectivity index (χ3v) is 3.19. The molecule has 96 valence electrons. The van der Waals surface area contributed by atoms with Crippen LogP contribution in [0.15, 0.2) is 54.1 Å². The van der Waals surface area contributed by atoms with Crippen molar-refractivity contribution in [3.8, 4) is 12.1 Å². The molecular formula is C18H14N2. The number of benzene rings is 2. The molecule has 2 heteroatoms. The van der Waals surface area contributed by atoms with Crippen molar-refractivity contribution in [3.05, 3.63) is 76.4 Å². The molecule has 0 fully saturated rings. The molecule has 2 aromatic carbocycles. The van der Waals surface area contributed by atoms with Gasteiger partial charge in [-0.05, 0) is 30.5 Å². The minimum Gasteiger partial charge on any atom is -0.192 e. The molecule has 0 heterocycles. The van der Waals surface area contributed by atoms with E-state index in [-0.39, 0.29) is 5.57 Å². The Hall–Kier alpha value is -2.84. The average molecular weight is 258 g/mol. The molecule has 0 amide bonds. The van der Waals surface area contributed by atoms with E-state index < -0.39 is 0 Å². The molecule has 0 aliphatic rings. The van der Waals surface area contributed by atoms with E-state index in [1.54, 1.807) is 0 Å². The summed E-state index contributed by atoms with van der Waals surface area (Å²) in [5.74, 6) is 0. The summed E-state index contributed by atoms with van der Waals surface area (Å²) < 4.78 is 0. The van der Waals surface area contributed by atoms with Crippen LogP contribution in [0, 0.1) is 36.5 Å². The fourth-order valence-corrected chi connectivity index (χ4v) is 2.27. The summed E-state index contributed by atoms with van der Waals surface area (Å²) in [6.07, 6.45) is 0. The fourth-order valence-electron chi connectivity index (χ4n) is 2.27. The van der Waals surface area contributed by atoms with Gasteiger partial charge in [-0.1, -0.05) is 54.1 Å². The van der Waals surface area contributed by atoms with Gasteiger partial charge in [0.15, 0.2) is 0 Å². The van der Waals surface area contributed by atoms with Gasteiger partial charge in [0, 0.05) is 5.57 Å². The normalized spacial score (nSPS) is 9.40. The second-order valence-electron chi connectivity index (χ2n) is 4.66. The summed E-state index contributed by atoms with van der Waals surface area (Å²) in [6, 6.07) is 19.6. The maximum Gasteiger partial charge on any atom is 0.138 e. The van der Waals surface area contributed by atoms with Crippen LogP contribution in [0.5, 0.6) is 0 Å². The highest BCUT2D eigenvalue weighted by atomic mass is 14.3. The summed E-state index contributed by atoms with van der Waals surface area (Å²) in [4.78, 5) is 0. The predicted molar refractivity (Wildman–Crippen MR) is 79.6 cm³/mol. The first-order chi connectivity index (χ1) is 9.67. The van der Waals surface area contributed by atoms with Crippen molar-refractivity contribution in [2.45, 2.75) is 13.8 Å². The van der Waals surface area contributed by atoms with Gasteiger partial charge in [-0.3, -0.25) is 0 Å². The Morgan fingerprint density at radius 1 is 0.900 bits per heavy atom. The van der Waals surface area contributed by atoms with Crippen molar-refractivity contribution in [3.63, 3.8) is 0 Å². The van der Waals surface area contributed by atoms with Crippen molar-refractivity contribution in [1.29, 1.82) is 10.5 Å². The minimum absolute atomic E-state index is 0.142. The molecule has 2 aromatic rings. The molecule has 2 nitrogen and oxygen atoms in total. The maximum absolute atomic E-state index is 9.23. The van der Waals surface area contributed by atoms with Gasteiger partial charge in [-0.2, -0.15) is 10.5 Å². The summed E-state index contributed by atoms with van der Waals surface area (Å²) >= 11 is 0. The number of nitrogens with zero attached hydrogens (tertiary/aromatic N) is 2. The largest absolute Gasteiger partial charge is 0.192 e. The Morgan fingerprint density at radius 2 is 1.55 bits per heavy atom. The monoisotopic (exact) mass is 258 g/mol. The van der Waals surface area contributed by atoms with Gasteiger partial charge < -0.3 is 0 Å². The standard InChI is InChI=1S/C18H14N2/c1-13-8-9-17(14(2)10-13)18(16(11-19)12-20)15-6-4-3-5-7-15/h3-10H,1-2H3. The summed E-state index contributed by atoms with van der Waals surface area (Å²) in [7, 11) is 0. The van der Waals surface area contributed by atoms with E-state index in [1.165, 1.54) is 0 Å². The van der Waals surface area contributed by atoms with E-state index in [4.69, 9.17) is 0 Å². The molecule has 0 radical (unpaired) electrons. The van der Waals surface area contributed by atoms with Crippen LogP contribution in [0.2, 0.25) is 0 Å². The second kappa shape index (κ2) is 5.87. The first kappa shape index (κ1) is 13.6. The van der Waals surface area contributed by atoms with E-state index in [0.29, 0.717) is 5.57 Å². The van der Waals surface area contributed by atoms with Crippen molar-refractivity contribution < 1.29 is 0 Å². The second-order valence-corrected chi connectivity index (χ2v) is 4.66. The molecule has 0 saturated carbocycles. The summed E-state index contributed by atoms with van der Waals surface area (Å²) in [5, 5.41) is 18.5. The molecule has 0 atom stereocenters. The molecule has 0 N–H and O–H groups in total. The van der Waals surface area contributed by atoms with Crippen LogP contribution >= 0.6 is 0 Å². The Kier molecular flexibility index (Phi) is 3.99. The Morgan fingerprint density at radius 3 is 2.10 bits per heavy atom. The van der Waals surface area contributed by atoms with Gasteiger partial charge in [0.05, 0.1) is 0 Å². The van der Waals surface area contributed by atoms with Crippen LogP contribution in [-0.4, -0.2) is 0 Å². The predicted octanol–water partition coefficient (Wildman–Crippen LogP) is 4.15. The lowest BCUT2D eigenvalue weighted by atomic mass is 9.90. The number of hydrogen-bond donors (Lipinski definition) is 0. The van der Waals surface area contributed by atoms with Crippen molar-refractivity contribution in [2.24, 2.45) is 0 Å². The van der Waals surface area contributed by atoms with E-state index in [0.717, 1.165) is 22.3 Å². The smallest absolute Gasteiger partial charge is 0.138 e. The van der Waals surface area contributed by atoms with Gasteiger partial charge in [0.2, 0.25) is 0 Å². The third kappa shape index (κ3) is 2.60. The third-order valence-electron chi connectivity index (χ3n) is 3.19. The highest BCUT2D eigenvalue weighted by molar-refractivity contribution is 5.87. The zero-order chi connectivity index (χ0) is 14.5. The number of hydrogen-bond acceptors (Lipinski definition) is 2. The highest BCUT2D eigenvalue weighted by Crippen LogP contribution is 2.29. The maximum atomic E-state index is 9.23. The summed E-state index contributed by atoms with van der Waals surface area (Å²) in [5.41, 5.74) is 4.88. The summed E-state index contributed by atoms with van der Waals surface area (Å²) in [6.45, 7) is 4.02. The van der Waals surface area contributed by atoms with Crippen molar-refractivity contribution in [1.82, 2.24) is 0 Å². The molecule has 2 rings (SSSR count). The van der Waals surface area contributed by atoms with Crippen LogP contribution in [0.1, 0.15) is 22.3 Å². The zero-order valence-corrected chi connectivity index (χ0v) is 11.5. The van der Waals surface area contributed by atoms with Crippen LogP contribution in [0.4, 0.5) is 0 Å². The molecule has 0 aromatic heterocycles. The van der Waals surface area contributed by atoms with Crippen LogP contribution in [-0.2, 0) is 0 Å². The Bertz CT molecular complexity index is 725. The van der Waals surface area contributed by atoms with Gasteiger partial charge in [0.25, 0.3) is 0 Å². The first-order valence-corrected chi connectivity index (χ1v) is 6.35. The zero-order valence-electron chi connectivity index (χ0n) is 11.5. The van der Waals surface area contributed by atoms with Crippen molar-refractivity contribution >= 4 is 5.57 Å².